The lowest BCUT2D eigenvalue weighted by molar-refractivity contribution is -0.143. The van der Waals surface area contributed by atoms with E-state index in [4.69, 9.17) is 9.47 Å². The van der Waals surface area contributed by atoms with Gasteiger partial charge in [0, 0.05) is 19.1 Å². The monoisotopic (exact) mass is 228 g/mol. The van der Waals surface area contributed by atoms with E-state index >= 15 is 0 Å². The lowest BCUT2D eigenvalue weighted by atomic mass is 9.98. The van der Waals surface area contributed by atoms with Gasteiger partial charge in [-0.2, -0.15) is 0 Å². The van der Waals surface area contributed by atoms with Crippen molar-refractivity contribution < 1.29 is 18.7 Å². The minimum absolute atomic E-state index is 0.0115. The van der Waals surface area contributed by atoms with Gasteiger partial charge in [0.2, 0.25) is 0 Å². The molecule has 1 rings (SSSR count). The Balaban J connectivity index is 2.35. The van der Waals surface area contributed by atoms with Crippen molar-refractivity contribution in [2.75, 3.05) is 20.3 Å². The standard InChI is InChI=1S/C12H17FO3/c1-9-3-4-10(11(13)7-9)8-16-12(14)5-6-15-2/h3-4,9H,5-8H2,1-2H3. The van der Waals surface area contributed by atoms with E-state index in [1.807, 2.05) is 13.0 Å². The molecule has 4 heteroatoms. The average Bonchev–Trinajstić information content (AvgIpc) is 2.25. The number of hydrogen-bond donors (Lipinski definition) is 0. The molecule has 0 aromatic rings. The van der Waals surface area contributed by atoms with Crippen LogP contribution in [0.1, 0.15) is 19.8 Å². The Morgan fingerprint density at radius 2 is 2.38 bits per heavy atom. The van der Waals surface area contributed by atoms with Gasteiger partial charge >= 0.3 is 5.97 Å². The zero-order valence-corrected chi connectivity index (χ0v) is 9.66. The number of methoxy groups -OCH3 is 1. The summed E-state index contributed by atoms with van der Waals surface area (Å²) in [5.74, 6) is -0.336. The normalized spacial score (nSPS) is 20.1. The average molecular weight is 228 g/mol. The van der Waals surface area contributed by atoms with Gasteiger partial charge < -0.3 is 9.47 Å². The van der Waals surface area contributed by atoms with Crippen LogP contribution in [0.5, 0.6) is 0 Å². The summed E-state index contributed by atoms with van der Waals surface area (Å²) in [6.07, 6.45) is 4.20. The topological polar surface area (TPSA) is 35.5 Å². The molecule has 16 heavy (non-hydrogen) atoms. The van der Waals surface area contributed by atoms with Crippen LogP contribution in [0.2, 0.25) is 0 Å². The third kappa shape index (κ3) is 4.14. The fourth-order valence-corrected chi connectivity index (χ4v) is 1.39. The number of carbonyl (C=O) groups is 1. The van der Waals surface area contributed by atoms with E-state index in [0.29, 0.717) is 18.6 Å². The van der Waals surface area contributed by atoms with Crippen LogP contribution in [0.4, 0.5) is 4.39 Å². The summed E-state index contributed by atoms with van der Waals surface area (Å²) in [7, 11) is 1.51. The maximum Gasteiger partial charge on any atom is 0.308 e. The summed E-state index contributed by atoms with van der Waals surface area (Å²) in [6, 6.07) is 0. The van der Waals surface area contributed by atoms with Crippen molar-refractivity contribution in [1.29, 1.82) is 0 Å². The zero-order chi connectivity index (χ0) is 12.0. The summed E-state index contributed by atoms with van der Waals surface area (Å²) in [5.41, 5.74) is 0.462. The van der Waals surface area contributed by atoms with Crippen molar-refractivity contribution in [2.45, 2.75) is 19.8 Å². The maximum atomic E-state index is 13.4. The van der Waals surface area contributed by atoms with Crippen molar-refractivity contribution in [2.24, 2.45) is 5.92 Å². The van der Waals surface area contributed by atoms with Gasteiger partial charge in [0.15, 0.2) is 0 Å². The van der Waals surface area contributed by atoms with E-state index in [0.717, 1.165) is 0 Å². The highest BCUT2D eigenvalue weighted by Crippen LogP contribution is 2.24. The molecule has 0 amide bonds. The molecule has 0 saturated heterocycles. The van der Waals surface area contributed by atoms with Gasteiger partial charge in [-0.3, -0.25) is 4.79 Å². The molecule has 0 saturated carbocycles. The number of allylic oxidation sites excluding steroid dienone is 2. The van der Waals surface area contributed by atoms with E-state index < -0.39 is 0 Å². The van der Waals surface area contributed by atoms with Crippen LogP contribution in [-0.2, 0) is 14.3 Å². The summed E-state index contributed by atoms with van der Waals surface area (Å²) in [4.78, 5) is 11.1. The smallest absolute Gasteiger partial charge is 0.308 e. The molecule has 1 unspecified atom stereocenters. The number of ether oxygens (including phenoxy) is 2. The van der Waals surface area contributed by atoms with Gasteiger partial charge in [-0.05, 0) is 5.92 Å². The van der Waals surface area contributed by atoms with E-state index in [9.17, 15) is 9.18 Å². The van der Waals surface area contributed by atoms with Crippen molar-refractivity contribution in [1.82, 2.24) is 0 Å². The Morgan fingerprint density at radius 3 is 3.00 bits per heavy atom. The van der Waals surface area contributed by atoms with Crippen LogP contribution in [0, 0.1) is 5.92 Å². The van der Waals surface area contributed by atoms with Crippen molar-refractivity contribution in [3.05, 3.63) is 23.6 Å². The Kier molecular flexibility index (Phi) is 5.19. The lowest BCUT2D eigenvalue weighted by Gasteiger charge is -2.14. The van der Waals surface area contributed by atoms with Crippen LogP contribution >= 0.6 is 0 Å². The minimum atomic E-state index is -0.367. The Labute approximate surface area is 94.9 Å². The second-order valence-electron chi connectivity index (χ2n) is 3.87. The second-order valence-corrected chi connectivity index (χ2v) is 3.87. The summed E-state index contributed by atoms with van der Waals surface area (Å²) in [6.45, 7) is 2.28. The summed E-state index contributed by atoms with van der Waals surface area (Å²) >= 11 is 0. The number of rotatable bonds is 5. The van der Waals surface area contributed by atoms with Gasteiger partial charge in [-0.15, -0.1) is 0 Å². The molecule has 0 spiro atoms. The fourth-order valence-electron chi connectivity index (χ4n) is 1.39. The Bertz CT molecular complexity index is 307. The van der Waals surface area contributed by atoms with Gasteiger partial charge in [0.25, 0.3) is 0 Å². The molecule has 1 aliphatic carbocycles. The fraction of sp³-hybridized carbons (Fsp3) is 0.583. The first-order valence-electron chi connectivity index (χ1n) is 5.33. The van der Waals surface area contributed by atoms with Crippen LogP contribution < -0.4 is 0 Å². The first-order chi connectivity index (χ1) is 7.63. The predicted molar refractivity (Wildman–Crippen MR) is 58.5 cm³/mol. The number of carbonyl (C=O) groups excluding carboxylic acids is 1. The molecule has 1 atom stereocenters. The van der Waals surface area contributed by atoms with Crippen LogP contribution in [0.15, 0.2) is 23.6 Å². The van der Waals surface area contributed by atoms with Crippen molar-refractivity contribution in [3.8, 4) is 0 Å². The lowest BCUT2D eigenvalue weighted by Crippen LogP contribution is -2.11. The molecular weight excluding hydrogens is 211 g/mol. The molecule has 3 nitrogen and oxygen atoms in total. The third-order valence-electron chi connectivity index (χ3n) is 2.37. The molecule has 90 valence electrons. The molecular formula is C12H17FO3. The van der Waals surface area contributed by atoms with Crippen molar-refractivity contribution in [3.63, 3.8) is 0 Å². The zero-order valence-electron chi connectivity index (χ0n) is 9.66. The molecule has 0 aromatic carbocycles. The first kappa shape index (κ1) is 12.9. The minimum Gasteiger partial charge on any atom is -0.461 e. The molecule has 0 radical (unpaired) electrons. The highest BCUT2D eigenvalue weighted by Gasteiger charge is 2.14. The summed E-state index contributed by atoms with van der Waals surface area (Å²) in [5, 5.41) is 0. The maximum absolute atomic E-state index is 13.4. The predicted octanol–water partition coefficient (Wildman–Crippen LogP) is 2.39. The molecule has 0 aromatic heterocycles. The number of esters is 1. The Morgan fingerprint density at radius 1 is 1.62 bits per heavy atom. The quantitative estimate of drug-likeness (QED) is 0.678. The number of hydrogen-bond acceptors (Lipinski definition) is 3. The molecule has 0 N–H and O–H groups in total. The van der Waals surface area contributed by atoms with Gasteiger partial charge in [-0.25, -0.2) is 4.39 Å². The van der Waals surface area contributed by atoms with Crippen LogP contribution in [0.25, 0.3) is 0 Å². The van der Waals surface area contributed by atoms with E-state index in [1.165, 1.54) is 7.11 Å². The molecule has 0 fully saturated rings. The molecule has 1 aliphatic rings. The SMILES string of the molecule is COCCC(=O)OCC1=C(F)CC(C)C=C1. The summed E-state index contributed by atoms with van der Waals surface area (Å²) < 4.78 is 23.1. The largest absolute Gasteiger partial charge is 0.461 e. The van der Waals surface area contributed by atoms with E-state index in [2.05, 4.69) is 0 Å². The highest BCUT2D eigenvalue weighted by molar-refractivity contribution is 5.69. The van der Waals surface area contributed by atoms with Gasteiger partial charge in [0.05, 0.1) is 13.0 Å². The van der Waals surface area contributed by atoms with Gasteiger partial charge in [-0.1, -0.05) is 19.1 Å². The van der Waals surface area contributed by atoms with E-state index in [1.54, 1.807) is 6.08 Å². The van der Waals surface area contributed by atoms with Gasteiger partial charge in [0.1, 0.15) is 12.4 Å². The molecule has 0 bridgehead atoms. The number of halogens is 1. The van der Waals surface area contributed by atoms with Crippen LogP contribution in [0.3, 0.4) is 0 Å². The van der Waals surface area contributed by atoms with E-state index in [-0.39, 0.29) is 30.7 Å². The first-order valence-corrected chi connectivity index (χ1v) is 5.33. The molecule has 0 heterocycles. The third-order valence-corrected chi connectivity index (χ3v) is 2.37. The molecule has 0 aliphatic heterocycles. The second kappa shape index (κ2) is 6.43. The Hall–Kier alpha value is -1.16. The van der Waals surface area contributed by atoms with Crippen LogP contribution in [-0.4, -0.2) is 26.3 Å². The highest BCUT2D eigenvalue weighted by atomic mass is 19.1. The van der Waals surface area contributed by atoms with Crippen molar-refractivity contribution >= 4 is 5.97 Å².